The monoisotopic (exact) mass is 217 g/mol. The number of Topliss-reactive ketones (excluding diaryl/α,β-unsaturated/α-hetero) is 1. The maximum absolute atomic E-state index is 12.0. The number of carbonyl (C=O) groups excluding carboxylic acids is 1. The molecule has 86 valence electrons. The van der Waals surface area contributed by atoms with Gasteiger partial charge in [-0.15, -0.1) is 0 Å². The molecule has 0 bridgehead atoms. The number of hydrogen-bond acceptors (Lipinski definition) is 2. The van der Waals surface area contributed by atoms with Crippen molar-refractivity contribution in [3.8, 4) is 0 Å². The molecule has 16 heavy (non-hydrogen) atoms. The molecule has 2 heteroatoms. The number of rotatable bonds is 3. The molecule has 0 aromatic heterocycles. The molecule has 1 aliphatic rings. The molecular weight excluding hydrogens is 198 g/mol. The van der Waals surface area contributed by atoms with E-state index in [0.29, 0.717) is 6.54 Å². The number of carbonyl (C=O) groups is 1. The summed E-state index contributed by atoms with van der Waals surface area (Å²) in [4.78, 5) is 14.3. The van der Waals surface area contributed by atoms with Gasteiger partial charge in [0.05, 0.1) is 6.54 Å². The van der Waals surface area contributed by atoms with Crippen LogP contribution in [0.1, 0.15) is 35.2 Å². The molecule has 0 saturated carbocycles. The van der Waals surface area contributed by atoms with Gasteiger partial charge in [-0.1, -0.05) is 30.2 Å². The summed E-state index contributed by atoms with van der Waals surface area (Å²) >= 11 is 0. The van der Waals surface area contributed by atoms with E-state index in [2.05, 4.69) is 4.90 Å². The van der Waals surface area contributed by atoms with E-state index >= 15 is 0 Å². The van der Waals surface area contributed by atoms with E-state index in [1.54, 1.807) is 0 Å². The average molecular weight is 217 g/mol. The van der Waals surface area contributed by atoms with Crippen molar-refractivity contribution in [1.29, 1.82) is 0 Å². The molecule has 0 spiro atoms. The number of hydrogen-bond donors (Lipinski definition) is 0. The van der Waals surface area contributed by atoms with Crippen LogP contribution in [0.4, 0.5) is 0 Å². The Balaban J connectivity index is 1.97. The van der Waals surface area contributed by atoms with Crippen molar-refractivity contribution in [3.63, 3.8) is 0 Å². The minimum absolute atomic E-state index is 0.255. The molecular formula is C14H19NO. The molecule has 1 fully saturated rings. The molecule has 0 radical (unpaired) electrons. The molecule has 0 aliphatic carbocycles. The molecule has 1 aromatic carbocycles. The third-order valence-electron chi connectivity index (χ3n) is 3.16. The van der Waals surface area contributed by atoms with Crippen LogP contribution in [0.5, 0.6) is 0 Å². The van der Waals surface area contributed by atoms with E-state index in [1.165, 1.54) is 19.3 Å². The first-order chi connectivity index (χ1) is 7.75. The van der Waals surface area contributed by atoms with Crippen molar-refractivity contribution < 1.29 is 4.79 Å². The van der Waals surface area contributed by atoms with Gasteiger partial charge in [-0.05, 0) is 38.9 Å². The van der Waals surface area contributed by atoms with Crippen LogP contribution in [0.2, 0.25) is 0 Å². The summed E-state index contributed by atoms with van der Waals surface area (Å²) in [6, 6.07) is 7.88. The number of ketones is 1. The summed E-state index contributed by atoms with van der Waals surface area (Å²) in [5.41, 5.74) is 2.01. The number of benzene rings is 1. The topological polar surface area (TPSA) is 20.3 Å². The van der Waals surface area contributed by atoms with Gasteiger partial charge < -0.3 is 0 Å². The predicted octanol–water partition coefficient (Wildman–Crippen LogP) is 2.66. The van der Waals surface area contributed by atoms with E-state index in [1.807, 2.05) is 31.2 Å². The lowest BCUT2D eigenvalue weighted by Crippen LogP contribution is -2.34. The highest BCUT2D eigenvalue weighted by atomic mass is 16.1. The second-order valence-corrected chi connectivity index (χ2v) is 4.63. The van der Waals surface area contributed by atoms with E-state index < -0.39 is 0 Å². The van der Waals surface area contributed by atoms with E-state index in [-0.39, 0.29) is 5.78 Å². The SMILES string of the molecule is Cc1cccc(C(=O)CN2CCCCC2)c1. The number of likely N-dealkylation sites (tertiary alicyclic amines) is 1. The predicted molar refractivity (Wildman–Crippen MR) is 65.8 cm³/mol. The summed E-state index contributed by atoms with van der Waals surface area (Å²) in [7, 11) is 0. The molecule has 0 atom stereocenters. The summed E-state index contributed by atoms with van der Waals surface area (Å²) in [5, 5.41) is 0. The van der Waals surface area contributed by atoms with Crippen LogP contribution in [-0.4, -0.2) is 30.3 Å². The van der Waals surface area contributed by atoms with Gasteiger partial charge >= 0.3 is 0 Å². The Morgan fingerprint density at radius 1 is 1.25 bits per heavy atom. The van der Waals surface area contributed by atoms with E-state index in [0.717, 1.165) is 24.2 Å². The van der Waals surface area contributed by atoms with Crippen molar-refractivity contribution in [2.75, 3.05) is 19.6 Å². The van der Waals surface area contributed by atoms with Crippen molar-refractivity contribution in [1.82, 2.24) is 4.90 Å². The summed E-state index contributed by atoms with van der Waals surface area (Å²) < 4.78 is 0. The lowest BCUT2D eigenvalue weighted by Gasteiger charge is -2.25. The lowest BCUT2D eigenvalue weighted by molar-refractivity contribution is 0.0915. The van der Waals surface area contributed by atoms with Crippen LogP contribution in [0.25, 0.3) is 0 Å². The smallest absolute Gasteiger partial charge is 0.176 e. The number of aryl methyl sites for hydroxylation is 1. The fourth-order valence-corrected chi connectivity index (χ4v) is 2.23. The van der Waals surface area contributed by atoms with Crippen LogP contribution >= 0.6 is 0 Å². The normalized spacial score (nSPS) is 17.3. The lowest BCUT2D eigenvalue weighted by atomic mass is 10.1. The zero-order valence-corrected chi connectivity index (χ0v) is 9.91. The largest absolute Gasteiger partial charge is 0.296 e. The quantitative estimate of drug-likeness (QED) is 0.725. The fraction of sp³-hybridized carbons (Fsp3) is 0.500. The first-order valence-electron chi connectivity index (χ1n) is 6.08. The van der Waals surface area contributed by atoms with Crippen LogP contribution < -0.4 is 0 Å². The Morgan fingerprint density at radius 3 is 2.69 bits per heavy atom. The second-order valence-electron chi connectivity index (χ2n) is 4.63. The van der Waals surface area contributed by atoms with Gasteiger partial charge in [0.25, 0.3) is 0 Å². The molecule has 1 aromatic rings. The van der Waals surface area contributed by atoms with Crippen LogP contribution in [0.15, 0.2) is 24.3 Å². The minimum atomic E-state index is 0.255. The first kappa shape index (κ1) is 11.3. The van der Waals surface area contributed by atoms with Gasteiger partial charge in [0.2, 0.25) is 0 Å². The summed E-state index contributed by atoms with van der Waals surface area (Å²) in [6.07, 6.45) is 3.79. The van der Waals surface area contributed by atoms with Crippen molar-refractivity contribution in [2.45, 2.75) is 26.2 Å². The van der Waals surface area contributed by atoms with Crippen LogP contribution in [0.3, 0.4) is 0 Å². The Bertz CT molecular complexity index is 367. The minimum Gasteiger partial charge on any atom is -0.296 e. The van der Waals surface area contributed by atoms with Crippen molar-refractivity contribution in [2.24, 2.45) is 0 Å². The molecule has 0 amide bonds. The third-order valence-corrected chi connectivity index (χ3v) is 3.16. The zero-order valence-electron chi connectivity index (χ0n) is 9.91. The van der Waals surface area contributed by atoms with Gasteiger partial charge in [0, 0.05) is 5.56 Å². The Morgan fingerprint density at radius 2 is 2.00 bits per heavy atom. The van der Waals surface area contributed by atoms with E-state index in [4.69, 9.17) is 0 Å². The summed E-state index contributed by atoms with van der Waals surface area (Å²) in [6.45, 7) is 4.77. The average Bonchev–Trinajstić information content (AvgIpc) is 2.30. The zero-order chi connectivity index (χ0) is 11.4. The standard InChI is InChI=1S/C14H19NO/c1-12-6-5-7-13(10-12)14(16)11-15-8-3-2-4-9-15/h5-7,10H,2-4,8-9,11H2,1H3. The van der Waals surface area contributed by atoms with Crippen LogP contribution in [-0.2, 0) is 0 Å². The first-order valence-corrected chi connectivity index (χ1v) is 6.08. The highest BCUT2D eigenvalue weighted by molar-refractivity contribution is 5.97. The van der Waals surface area contributed by atoms with Gasteiger partial charge in [-0.2, -0.15) is 0 Å². The van der Waals surface area contributed by atoms with E-state index in [9.17, 15) is 4.79 Å². The van der Waals surface area contributed by atoms with Crippen molar-refractivity contribution >= 4 is 5.78 Å². The number of nitrogens with zero attached hydrogens (tertiary/aromatic N) is 1. The third kappa shape index (κ3) is 2.92. The number of piperidine rings is 1. The molecule has 2 nitrogen and oxygen atoms in total. The summed E-state index contributed by atoms with van der Waals surface area (Å²) in [5.74, 6) is 0.255. The maximum atomic E-state index is 12.0. The van der Waals surface area contributed by atoms with Crippen molar-refractivity contribution in [3.05, 3.63) is 35.4 Å². The van der Waals surface area contributed by atoms with Gasteiger partial charge in [-0.3, -0.25) is 9.69 Å². The Hall–Kier alpha value is -1.15. The highest BCUT2D eigenvalue weighted by Gasteiger charge is 2.14. The molecule has 1 aliphatic heterocycles. The Labute approximate surface area is 97.3 Å². The molecule has 0 N–H and O–H groups in total. The molecule has 0 unspecified atom stereocenters. The van der Waals surface area contributed by atoms with Gasteiger partial charge in [-0.25, -0.2) is 0 Å². The van der Waals surface area contributed by atoms with Gasteiger partial charge in [0.1, 0.15) is 0 Å². The van der Waals surface area contributed by atoms with Crippen LogP contribution in [0, 0.1) is 6.92 Å². The maximum Gasteiger partial charge on any atom is 0.176 e. The van der Waals surface area contributed by atoms with Gasteiger partial charge in [0.15, 0.2) is 5.78 Å². The molecule has 1 heterocycles. The fourth-order valence-electron chi connectivity index (χ4n) is 2.23. The Kier molecular flexibility index (Phi) is 3.73. The molecule has 2 rings (SSSR count). The molecule has 1 saturated heterocycles. The second kappa shape index (κ2) is 5.26. The highest BCUT2D eigenvalue weighted by Crippen LogP contribution is 2.11.